The zero-order valence-electron chi connectivity index (χ0n) is 15.8. The highest BCUT2D eigenvalue weighted by Gasteiger charge is 2.16. The van der Waals surface area contributed by atoms with E-state index in [1.54, 1.807) is 11.9 Å². The molecule has 0 saturated carbocycles. The maximum atomic E-state index is 5.99. The molecule has 0 aromatic heterocycles. The Morgan fingerprint density at radius 3 is 2.68 bits per heavy atom. The number of aliphatic imine (C=N–C) groups is 2. The minimum Gasteiger partial charge on any atom is -0.394 e. The first-order valence-corrected chi connectivity index (χ1v) is 10.1. The Bertz CT molecular complexity index is 1030. The van der Waals surface area contributed by atoms with Gasteiger partial charge in [-0.1, -0.05) is 43.3 Å². The van der Waals surface area contributed by atoms with Crippen LogP contribution in [0.15, 0.2) is 81.0 Å². The Hall–Kier alpha value is -2.99. The molecule has 0 spiro atoms. The number of hydrogen-bond acceptors (Lipinski definition) is 6. The number of nitrogens with two attached hydrogens (primary N) is 2. The second-order valence-electron chi connectivity index (χ2n) is 6.68. The largest absolute Gasteiger partial charge is 0.394 e. The van der Waals surface area contributed by atoms with Gasteiger partial charge in [0.2, 0.25) is 0 Å². The molecule has 28 heavy (non-hydrogen) atoms. The summed E-state index contributed by atoms with van der Waals surface area (Å²) in [6.45, 7) is 2.69. The molecule has 2 heterocycles. The van der Waals surface area contributed by atoms with Gasteiger partial charge in [-0.3, -0.25) is 9.98 Å². The maximum Gasteiger partial charge on any atom is 0.144 e. The summed E-state index contributed by atoms with van der Waals surface area (Å²) in [5, 5.41) is 0. The van der Waals surface area contributed by atoms with Crippen molar-refractivity contribution in [3.05, 3.63) is 77.3 Å². The number of aryl methyl sites for hydroxylation is 1. The molecule has 5 nitrogen and oxygen atoms in total. The third-order valence-corrected chi connectivity index (χ3v) is 5.86. The number of allylic oxidation sites excluding steroid dienone is 1. The van der Waals surface area contributed by atoms with Crippen molar-refractivity contribution in [3.63, 3.8) is 0 Å². The Labute approximate surface area is 169 Å². The van der Waals surface area contributed by atoms with Gasteiger partial charge in [-0.05, 0) is 52.8 Å². The van der Waals surface area contributed by atoms with Crippen molar-refractivity contribution in [1.29, 1.82) is 0 Å². The first-order valence-electron chi connectivity index (χ1n) is 9.33. The van der Waals surface area contributed by atoms with Crippen LogP contribution >= 0.6 is 11.9 Å². The number of rotatable bonds is 6. The molecule has 6 heteroatoms. The van der Waals surface area contributed by atoms with E-state index in [0.717, 1.165) is 29.1 Å². The van der Waals surface area contributed by atoms with Crippen LogP contribution in [0.25, 0.3) is 11.1 Å². The van der Waals surface area contributed by atoms with Crippen molar-refractivity contribution in [2.24, 2.45) is 21.5 Å². The van der Waals surface area contributed by atoms with Crippen LogP contribution in [0.2, 0.25) is 0 Å². The summed E-state index contributed by atoms with van der Waals surface area (Å²) in [5.41, 5.74) is 19.2. The molecule has 142 valence electrons. The van der Waals surface area contributed by atoms with E-state index in [1.165, 1.54) is 22.3 Å². The van der Waals surface area contributed by atoms with E-state index in [-0.39, 0.29) is 0 Å². The van der Waals surface area contributed by atoms with Gasteiger partial charge in [-0.2, -0.15) is 0 Å². The van der Waals surface area contributed by atoms with Gasteiger partial charge < -0.3 is 16.2 Å². The number of amidine groups is 1. The van der Waals surface area contributed by atoms with E-state index >= 15 is 0 Å². The summed E-state index contributed by atoms with van der Waals surface area (Å²) in [4.78, 5) is 9.78. The van der Waals surface area contributed by atoms with Crippen molar-refractivity contribution < 1.29 is 0 Å². The molecule has 0 radical (unpaired) electrons. The molecule has 2 aromatic rings. The van der Waals surface area contributed by atoms with E-state index in [9.17, 15) is 0 Å². The van der Waals surface area contributed by atoms with Crippen LogP contribution < -0.4 is 16.2 Å². The van der Waals surface area contributed by atoms with Crippen LogP contribution in [0.1, 0.15) is 24.5 Å². The highest BCUT2D eigenvalue weighted by Crippen LogP contribution is 2.34. The molecular weight excluding hydrogens is 366 g/mol. The highest BCUT2D eigenvalue weighted by molar-refractivity contribution is 7.97. The quantitative estimate of drug-likeness (QED) is 0.656. The van der Waals surface area contributed by atoms with Crippen LogP contribution in [-0.4, -0.2) is 18.1 Å². The third kappa shape index (κ3) is 3.55. The molecule has 2 aliphatic heterocycles. The smallest absolute Gasteiger partial charge is 0.144 e. The molecule has 0 bridgehead atoms. The van der Waals surface area contributed by atoms with Gasteiger partial charge in [0, 0.05) is 17.5 Å². The normalized spacial score (nSPS) is 15.8. The van der Waals surface area contributed by atoms with Crippen LogP contribution in [0.3, 0.4) is 0 Å². The molecule has 0 unspecified atom stereocenters. The molecule has 0 saturated heterocycles. The van der Waals surface area contributed by atoms with Gasteiger partial charge in [-0.15, -0.1) is 0 Å². The van der Waals surface area contributed by atoms with Crippen molar-refractivity contribution in [3.8, 4) is 11.1 Å². The van der Waals surface area contributed by atoms with Gasteiger partial charge in [-0.25, -0.2) is 0 Å². The van der Waals surface area contributed by atoms with Crippen LogP contribution in [0.5, 0.6) is 0 Å². The first kappa shape index (κ1) is 18.4. The molecule has 0 atom stereocenters. The molecule has 0 aliphatic carbocycles. The minimum absolute atomic E-state index is 0.407. The van der Waals surface area contributed by atoms with Crippen molar-refractivity contribution in [1.82, 2.24) is 4.72 Å². The monoisotopic (exact) mass is 389 g/mol. The topological polar surface area (TPSA) is 88.8 Å². The number of nitrogens with zero attached hydrogens (tertiary/aromatic N) is 2. The minimum atomic E-state index is 0.407. The highest BCUT2D eigenvalue weighted by atomic mass is 32.2. The number of nitrogens with one attached hydrogen (secondary N) is 1. The van der Waals surface area contributed by atoms with E-state index in [1.807, 2.05) is 12.3 Å². The fourth-order valence-electron chi connectivity index (χ4n) is 3.35. The predicted molar refractivity (Wildman–Crippen MR) is 118 cm³/mol. The predicted octanol–water partition coefficient (Wildman–Crippen LogP) is 3.76. The van der Waals surface area contributed by atoms with E-state index in [2.05, 4.69) is 64.1 Å². The molecule has 0 amide bonds. The van der Waals surface area contributed by atoms with Crippen LogP contribution in [0.4, 0.5) is 0 Å². The lowest BCUT2D eigenvalue weighted by Crippen LogP contribution is -2.21. The van der Waals surface area contributed by atoms with E-state index in [4.69, 9.17) is 11.5 Å². The lowest BCUT2D eigenvalue weighted by Gasteiger charge is -2.15. The Kier molecular flexibility index (Phi) is 5.21. The number of hydrogen-bond donors (Lipinski definition) is 3. The molecular formula is C22H23N5S. The summed E-state index contributed by atoms with van der Waals surface area (Å²) in [6, 6.07) is 15.0. The molecule has 2 aliphatic rings. The fourth-order valence-corrected chi connectivity index (χ4v) is 4.19. The van der Waals surface area contributed by atoms with Crippen LogP contribution in [-0.2, 0) is 6.42 Å². The molecule has 5 N–H and O–H groups in total. The lowest BCUT2D eigenvalue weighted by atomic mass is 9.94. The molecule has 4 rings (SSSR count). The summed E-state index contributed by atoms with van der Waals surface area (Å²) < 4.78 is 3.33. The zero-order valence-corrected chi connectivity index (χ0v) is 16.6. The van der Waals surface area contributed by atoms with Crippen LogP contribution in [0, 0.1) is 0 Å². The number of benzene rings is 2. The first-order chi connectivity index (χ1) is 13.7. The maximum absolute atomic E-state index is 5.99. The fraction of sp³-hybridized carbons (Fsp3) is 0.182. The SMILES string of the molecule is CCc1cc(C2=NC=CC2)ccc1-c1ccccc1SNC1=C(N)C(N)=NC1. The van der Waals surface area contributed by atoms with Gasteiger partial charge in [0.15, 0.2) is 0 Å². The Balaban J connectivity index is 1.63. The van der Waals surface area contributed by atoms with Crippen molar-refractivity contribution in [2.45, 2.75) is 24.7 Å². The van der Waals surface area contributed by atoms with Crippen molar-refractivity contribution >= 4 is 23.5 Å². The van der Waals surface area contributed by atoms with E-state index in [0.29, 0.717) is 18.1 Å². The Morgan fingerprint density at radius 1 is 1.11 bits per heavy atom. The van der Waals surface area contributed by atoms with E-state index < -0.39 is 0 Å². The van der Waals surface area contributed by atoms with Gasteiger partial charge in [0.05, 0.1) is 23.7 Å². The zero-order chi connectivity index (χ0) is 19.5. The average Bonchev–Trinajstić information content (AvgIpc) is 3.38. The lowest BCUT2D eigenvalue weighted by molar-refractivity contribution is 1.07. The third-order valence-electron chi connectivity index (χ3n) is 4.94. The second-order valence-corrected chi connectivity index (χ2v) is 7.53. The summed E-state index contributed by atoms with van der Waals surface area (Å²) in [7, 11) is 0. The van der Waals surface area contributed by atoms with Gasteiger partial charge in [0.25, 0.3) is 0 Å². The van der Waals surface area contributed by atoms with Crippen molar-refractivity contribution in [2.75, 3.05) is 6.54 Å². The van der Waals surface area contributed by atoms with Gasteiger partial charge in [0.1, 0.15) is 5.84 Å². The molecule has 2 aromatic carbocycles. The average molecular weight is 390 g/mol. The summed E-state index contributed by atoms with van der Waals surface area (Å²) in [6.07, 6.45) is 5.83. The molecule has 0 fully saturated rings. The Morgan fingerprint density at radius 2 is 1.96 bits per heavy atom. The van der Waals surface area contributed by atoms with Gasteiger partial charge >= 0.3 is 0 Å². The standard InChI is InChI=1S/C22H23N5S/c1-2-14-12-15(18-7-5-11-25-18)9-10-16(14)17-6-3-4-8-20(17)28-27-19-13-26-22(24)21(19)23/h3-6,8-12,27H,2,7,13,23H2,1H3,(H2,24,26). The second kappa shape index (κ2) is 7.94. The summed E-state index contributed by atoms with van der Waals surface area (Å²) in [5.74, 6) is 0.407. The summed E-state index contributed by atoms with van der Waals surface area (Å²) >= 11 is 1.54.